The zero-order chi connectivity index (χ0) is 14.2. The number of hydrogen-bond donors (Lipinski definition) is 0. The summed E-state index contributed by atoms with van der Waals surface area (Å²) in [4.78, 5) is 24.4. The highest BCUT2D eigenvalue weighted by molar-refractivity contribution is 5.72. The van der Waals surface area contributed by atoms with E-state index < -0.39 is 11.7 Å². The first-order chi connectivity index (χ1) is 8.30. The predicted octanol–water partition coefficient (Wildman–Crippen LogP) is 1.43. The number of esters is 1. The third-order valence-electron chi connectivity index (χ3n) is 2.03. The molecule has 0 aliphatic heterocycles. The van der Waals surface area contributed by atoms with Crippen LogP contribution in [0, 0.1) is 0 Å². The highest BCUT2D eigenvalue weighted by atomic mass is 16.6. The zero-order valence-electron chi connectivity index (χ0n) is 11.8. The maximum atomic E-state index is 11.9. The van der Waals surface area contributed by atoms with Crippen LogP contribution in [0.4, 0.5) is 4.79 Å². The largest absolute Gasteiger partial charge is 0.469 e. The minimum Gasteiger partial charge on any atom is -0.469 e. The van der Waals surface area contributed by atoms with Crippen molar-refractivity contribution in [3.05, 3.63) is 0 Å². The van der Waals surface area contributed by atoms with Crippen molar-refractivity contribution in [2.24, 2.45) is 0 Å². The van der Waals surface area contributed by atoms with Crippen LogP contribution in [0.1, 0.15) is 27.2 Å². The van der Waals surface area contributed by atoms with Crippen molar-refractivity contribution < 1.29 is 23.8 Å². The third-order valence-corrected chi connectivity index (χ3v) is 2.03. The van der Waals surface area contributed by atoms with Crippen LogP contribution < -0.4 is 0 Å². The number of carbonyl (C=O) groups is 2. The number of nitrogens with zero attached hydrogens (tertiary/aromatic N) is 1. The second kappa shape index (κ2) is 7.92. The molecule has 0 unspecified atom stereocenters. The maximum absolute atomic E-state index is 11.9. The summed E-state index contributed by atoms with van der Waals surface area (Å²) in [6.45, 7) is 6.40. The number of hydrogen-bond acceptors (Lipinski definition) is 5. The molecule has 0 saturated carbocycles. The molecule has 0 aliphatic carbocycles. The van der Waals surface area contributed by atoms with Crippen LogP contribution in [0.2, 0.25) is 0 Å². The molecule has 0 rings (SSSR count). The molecule has 0 heterocycles. The molecule has 0 aromatic carbocycles. The van der Waals surface area contributed by atoms with E-state index in [1.807, 2.05) is 0 Å². The fourth-order valence-electron chi connectivity index (χ4n) is 1.15. The lowest BCUT2D eigenvalue weighted by atomic mass is 10.2. The summed E-state index contributed by atoms with van der Waals surface area (Å²) in [5, 5.41) is 0. The van der Waals surface area contributed by atoms with Crippen molar-refractivity contribution in [3.8, 4) is 0 Å². The predicted molar refractivity (Wildman–Crippen MR) is 66.3 cm³/mol. The van der Waals surface area contributed by atoms with Crippen molar-refractivity contribution in [2.45, 2.75) is 32.8 Å². The van der Waals surface area contributed by atoms with E-state index >= 15 is 0 Å². The molecule has 0 atom stereocenters. The van der Waals surface area contributed by atoms with Crippen LogP contribution in [-0.4, -0.2) is 56.5 Å². The summed E-state index contributed by atoms with van der Waals surface area (Å²) >= 11 is 0. The maximum Gasteiger partial charge on any atom is 0.410 e. The molecule has 0 bridgehead atoms. The van der Waals surface area contributed by atoms with Crippen LogP contribution in [0.5, 0.6) is 0 Å². The van der Waals surface area contributed by atoms with Crippen LogP contribution in [-0.2, 0) is 19.0 Å². The van der Waals surface area contributed by atoms with E-state index in [1.165, 1.54) is 12.0 Å². The lowest BCUT2D eigenvalue weighted by Gasteiger charge is -2.27. The molecular weight excluding hydrogens is 238 g/mol. The van der Waals surface area contributed by atoms with E-state index in [-0.39, 0.29) is 18.9 Å². The number of ether oxygens (including phenoxy) is 3. The SMILES string of the molecule is COCCN(CCC(=O)OC)C(=O)OC(C)(C)C. The van der Waals surface area contributed by atoms with Crippen LogP contribution in [0.25, 0.3) is 0 Å². The van der Waals surface area contributed by atoms with Gasteiger partial charge >= 0.3 is 12.1 Å². The summed E-state index contributed by atoms with van der Waals surface area (Å²) in [5.41, 5.74) is -0.562. The van der Waals surface area contributed by atoms with E-state index in [9.17, 15) is 9.59 Å². The standard InChI is InChI=1S/C12H23NO5/c1-12(2,3)18-11(15)13(8-9-16-4)7-6-10(14)17-5/h6-9H2,1-5H3. The number of carbonyl (C=O) groups excluding carboxylic acids is 2. The minimum absolute atomic E-state index is 0.138. The van der Waals surface area contributed by atoms with Gasteiger partial charge in [-0.15, -0.1) is 0 Å². The van der Waals surface area contributed by atoms with Gasteiger partial charge in [0, 0.05) is 20.2 Å². The molecule has 0 radical (unpaired) electrons. The molecule has 0 saturated heterocycles. The van der Waals surface area contributed by atoms with Crippen LogP contribution >= 0.6 is 0 Å². The number of amides is 1. The van der Waals surface area contributed by atoms with E-state index in [0.717, 1.165) is 0 Å². The molecule has 0 aliphatic rings. The van der Waals surface area contributed by atoms with Gasteiger partial charge in [0.2, 0.25) is 0 Å². The molecule has 0 aromatic heterocycles. The van der Waals surface area contributed by atoms with E-state index in [0.29, 0.717) is 13.2 Å². The Balaban J connectivity index is 4.37. The van der Waals surface area contributed by atoms with Gasteiger partial charge in [0.05, 0.1) is 20.1 Å². The van der Waals surface area contributed by atoms with E-state index in [1.54, 1.807) is 27.9 Å². The second-order valence-corrected chi connectivity index (χ2v) is 4.79. The summed E-state index contributed by atoms with van der Waals surface area (Å²) < 4.78 is 14.7. The highest BCUT2D eigenvalue weighted by Crippen LogP contribution is 2.10. The van der Waals surface area contributed by atoms with Gasteiger partial charge in [0.15, 0.2) is 0 Å². The molecule has 18 heavy (non-hydrogen) atoms. The Hall–Kier alpha value is -1.30. The van der Waals surface area contributed by atoms with Gasteiger partial charge in [-0.3, -0.25) is 4.79 Å². The van der Waals surface area contributed by atoms with Crippen molar-refractivity contribution in [3.63, 3.8) is 0 Å². The average Bonchev–Trinajstić information content (AvgIpc) is 2.26. The van der Waals surface area contributed by atoms with Gasteiger partial charge in [0.25, 0.3) is 0 Å². The number of rotatable bonds is 6. The van der Waals surface area contributed by atoms with Gasteiger partial charge in [0.1, 0.15) is 5.60 Å². The van der Waals surface area contributed by atoms with E-state index in [2.05, 4.69) is 4.74 Å². The van der Waals surface area contributed by atoms with Gasteiger partial charge < -0.3 is 19.1 Å². The molecule has 0 spiro atoms. The first-order valence-corrected chi connectivity index (χ1v) is 5.84. The van der Waals surface area contributed by atoms with E-state index in [4.69, 9.17) is 9.47 Å². The van der Waals surface area contributed by atoms with Crippen LogP contribution in [0.3, 0.4) is 0 Å². The Bertz CT molecular complexity index is 272. The average molecular weight is 261 g/mol. The smallest absolute Gasteiger partial charge is 0.410 e. The summed E-state index contributed by atoms with van der Waals surface area (Å²) in [5.74, 6) is -0.360. The monoisotopic (exact) mass is 261 g/mol. The Morgan fingerprint density at radius 3 is 2.17 bits per heavy atom. The Kier molecular flexibility index (Phi) is 7.35. The summed E-state index contributed by atoms with van der Waals surface area (Å²) in [6.07, 6.45) is -0.317. The van der Waals surface area contributed by atoms with Gasteiger partial charge in [-0.1, -0.05) is 0 Å². The van der Waals surface area contributed by atoms with Gasteiger partial charge in [-0.05, 0) is 20.8 Å². The molecule has 0 N–H and O–H groups in total. The molecule has 1 amide bonds. The molecule has 0 fully saturated rings. The fourth-order valence-corrected chi connectivity index (χ4v) is 1.15. The topological polar surface area (TPSA) is 65.1 Å². The van der Waals surface area contributed by atoms with Gasteiger partial charge in [-0.25, -0.2) is 4.79 Å². The lowest BCUT2D eigenvalue weighted by Crippen LogP contribution is -2.39. The fraction of sp³-hybridized carbons (Fsp3) is 0.833. The first kappa shape index (κ1) is 16.7. The summed E-state index contributed by atoms with van der Waals surface area (Å²) in [6, 6.07) is 0. The minimum atomic E-state index is -0.562. The molecule has 106 valence electrons. The van der Waals surface area contributed by atoms with Crippen molar-refractivity contribution in [1.29, 1.82) is 0 Å². The van der Waals surface area contributed by atoms with Crippen molar-refractivity contribution in [2.75, 3.05) is 33.9 Å². The highest BCUT2D eigenvalue weighted by Gasteiger charge is 2.22. The molecular formula is C12H23NO5. The quantitative estimate of drug-likeness (QED) is 0.677. The van der Waals surface area contributed by atoms with Crippen molar-refractivity contribution in [1.82, 2.24) is 4.90 Å². The van der Waals surface area contributed by atoms with Crippen molar-refractivity contribution >= 4 is 12.1 Å². The molecule has 6 heteroatoms. The Labute approximate surface area is 108 Å². The number of methoxy groups -OCH3 is 2. The lowest BCUT2D eigenvalue weighted by molar-refractivity contribution is -0.140. The van der Waals surface area contributed by atoms with Crippen LogP contribution in [0.15, 0.2) is 0 Å². The van der Waals surface area contributed by atoms with Gasteiger partial charge in [-0.2, -0.15) is 0 Å². The molecule has 0 aromatic rings. The Morgan fingerprint density at radius 1 is 1.11 bits per heavy atom. The first-order valence-electron chi connectivity index (χ1n) is 5.84. The Morgan fingerprint density at radius 2 is 1.72 bits per heavy atom. The second-order valence-electron chi connectivity index (χ2n) is 4.79. The zero-order valence-corrected chi connectivity index (χ0v) is 11.8. The summed E-state index contributed by atoms with van der Waals surface area (Å²) in [7, 11) is 2.86. The third kappa shape index (κ3) is 7.89. The molecule has 6 nitrogen and oxygen atoms in total. The normalized spacial score (nSPS) is 10.9.